The Morgan fingerprint density at radius 2 is 2.00 bits per heavy atom. The molecular weight excluding hydrogens is 270 g/mol. The Balaban J connectivity index is 1.91. The van der Waals surface area contributed by atoms with E-state index in [9.17, 15) is 4.79 Å². The van der Waals surface area contributed by atoms with E-state index in [1.807, 2.05) is 41.3 Å². The second-order valence-electron chi connectivity index (χ2n) is 4.89. The molecule has 3 rings (SSSR count). The molecule has 0 unspecified atom stereocenters. The zero-order valence-corrected chi connectivity index (χ0v) is 11.7. The first-order chi connectivity index (χ1) is 9.69. The van der Waals surface area contributed by atoms with Crippen LogP contribution in [0.5, 0.6) is 0 Å². The summed E-state index contributed by atoms with van der Waals surface area (Å²) in [6.07, 6.45) is 1.75. The van der Waals surface area contributed by atoms with E-state index in [1.54, 1.807) is 12.1 Å². The molecule has 1 aliphatic heterocycles. The standard InChI is InChI=1S/C17H14ClNO/c1-2-12-8-14-11-19(10-13-6-4-3-5-7-13)17(20)16(14)15(18)9-12/h2-9H,1,10-11H2. The third-order valence-corrected chi connectivity index (χ3v) is 3.81. The van der Waals surface area contributed by atoms with Crippen LogP contribution >= 0.6 is 11.6 Å². The summed E-state index contributed by atoms with van der Waals surface area (Å²) in [6.45, 7) is 4.95. The summed E-state index contributed by atoms with van der Waals surface area (Å²) < 4.78 is 0. The van der Waals surface area contributed by atoms with Crippen molar-refractivity contribution in [3.05, 3.63) is 76.3 Å². The monoisotopic (exact) mass is 283 g/mol. The predicted molar refractivity (Wildman–Crippen MR) is 81.6 cm³/mol. The number of hydrogen-bond donors (Lipinski definition) is 0. The zero-order chi connectivity index (χ0) is 14.1. The molecule has 0 radical (unpaired) electrons. The van der Waals surface area contributed by atoms with Crippen LogP contribution in [0.3, 0.4) is 0 Å². The van der Waals surface area contributed by atoms with E-state index in [2.05, 4.69) is 6.58 Å². The van der Waals surface area contributed by atoms with Gasteiger partial charge in [0.1, 0.15) is 0 Å². The van der Waals surface area contributed by atoms with Crippen molar-refractivity contribution in [2.45, 2.75) is 13.1 Å². The highest BCUT2D eigenvalue weighted by Crippen LogP contribution is 2.31. The van der Waals surface area contributed by atoms with E-state index in [1.165, 1.54) is 0 Å². The van der Waals surface area contributed by atoms with Crippen molar-refractivity contribution in [1.82, 2.24) is 4.90 Å². The highest BCUT2D eigenvalue weighted by atomic mass is 35.5. The molecule has 0 aliphatic carbocycles. The van der Waals surface area contributed by atoms with E-state index in [-0.39, 0.29) is 5.91 Å². The maximum atomic E-state index is 12.4. The fourth-order valence-corrected chi connectivity index (χ4v) is 2.86. The fraction of sp³-hybridized carbons (Fsp3) is 0.118. The SMILES string of the molecule is C=Cc1cc(Cl)c2c(c1)CN(Cc1ccccc1)C2=O. The van der Waals surface area contributed by atoms with Gasteiger partial charge in [-0.25, -0.2) is 0 Å². The molecule has 0 aromatic heterocycles. The first-order valence-corrected chi connectivity index (χ1v) is 6.85. The smallest absolute Gasteiger partial charge is 0.256 e. The maximum Gasteiger partial charge on any atom is 0.256 e. The lowest BCUT2D eigenvalue weighted by atomic mass is 10.1. The maximum absolute atomic E-state index is 12.4. The minimum absolute atomic E-state index is 0.00413. The van der Waals surface area contributed by atoms with Crippen LogP contribution in [0, 0.1) is 0 Å². The Bertz CT molecular complexity index is 679. The molecule has 3 heteroatoms. The first kappa shape index (κ1) is 12.9. The molecule has 0 bridgehead atoms. The minimum atomic E-state index is 0.00413. The number of carbonyl (C=O) groups excluding carboxylic acids is 1. The van der Waals surface area contributed by atoms with Crippen LogP contribution in [0.25, 0.3) is 6.08 Å². The molecule has 2 nitrogen and oxygen atoms in total. The van der Waals surface area contributed by atoms with E-state index < -0.39 is 0 Å². The van der Waals surface area contributed by atoms with Crippen molar-refractivity contribution < 1.29 is 4.79 Å². The third-order valence-electron chi connectivity index (χ3n) is 3.51. The average Bonchev–Trinajstić information content (AvgIpc) is 2.76. The Hall–Kier alpha value is -2.06. The Morgan fingerprint density at radius 1 is 1.25 bits per heavy atom. The van der Waals surface area contributed by atoms with Crippen LogP contribution in [0.4, 0.5) is 0 Å². The summed E-state index contributed by atoms with van der Waals surface area (Å²) in [5, 5.41) is 0.512. The second kappa shape index (κ2) is 5.14. The summed E-state index contributed by atoms with van der Waals surface area (Å²) in [6, 6.07) is 13.7. The molecule has 20 heavy (non-hydrogen) atoms. The van der Waals surface area contributed by atoms with Crippen LogP contribution in [0.1, 0.15) is 27.0 Å². The van der Waals surface area contributed by atoms with E-state index in [0.29, 0.717) is 23.7 Å². The minimum Gasteiger partial charge on any atom is -0.330 e. The van der Waals surface area contributed by atoms with Crippen LogP contribution in [-0.4, -0.2) is 10.8 Å². The van der Waals surface area contributed by atoms with Gasteiger partial charge >= 0.3 is 0 Å². The summed E-state index contributed by atoms with van der Waals surface area (Å²) in [5.41, 5.74) is 3.68. The van der Waals surface area contributed by atoms with Crippen molar-refractivity contribution in [3.8, 4) is 0 Å². The van der Waals surface area contributed by atoms with Gasteiger partial charge < -0.3 is 4.90 Å². The van der Waals surface area contributed by atoms with Crippen LogP contribution in [0.15, 0.2) is 49.0 Å². The first-order valence-electron chi connectivity index (χ1n) is 6.47. The van der Waals surface area contributed by atoms with Gasteiger partial charge in [-0.3, -0.25) is 4.79 Å². The fourth-order valence-electron chi connectivity index (χ4n) is 2.54. The van der Waals surface area contributed by atoms with E-state index in [0.717, 1.165) is 16.7 Å². The summed E-state index contributed by atoms with van der Waals surface area (Å²) >= 11 is 6.22. The quantitative estimate of drug-likeness (QED) is 0.829. The Labute approximate surface area is 123 Å². The molecule has 0 spiro atoms. The molecule has 0 fully saturated rings. The predicted octanol–water partition coefficient (Wildman–Crippen LogP) is 4.14. The highest BCUT2D eigenvalue weighted by Gasteiger charge is 2.29. The van der Waals surface area contributed by atoms with Gasteiger partial charge in [-0.15, -0.1) is 0 Å². The van der Waals surface area contributed by atoms with Crippen molar-refractivity contribution in [2.75, 3.05) is 0 Å². The van der Waals surface area contributed by atoms with Gasteiger partial charge in [0, 0.05) is 13.1 Å². The molecule has 0 saturated heterocycles. The van der Waals surface area contributed by atoms with E-state index in [4.69, 9.17) is 11.6 Å². The van der Waals surface area contributed by atoms with Gasteiger partial charge in [0.05, 0.1) is 10.6 Å². The van der Waals surface area contributed by atoms with E-state index >= 15 is 0 Å². The lowest BCUT2D eigenvalue weighted by Gasteiger charge is -2.15. The molecule has 0 atom stereocenters. The lowest BCUT2D eigenvalue weighted by molar-refractivity contribution is 0.0767. The van der Waals surface area contributed by atoms with Gasteiger partial charge in [0.15, 0.2) is 0 Å². The number of nitrogens with zero attached hydrogens (tertiary/aromatic N) is 1. The van der Waals surface area contributed by atoms with Gasteiger partial charge in [-0.2, -0.15) is 0 Å². The number of benzene rings is 2. The van der Waals surface area contributed by atoms with Crippen LogP contribution in [0.2, 0.25) is 5.02 Å². The average molecular weight is 284 g/mol. The molecule has 2 aromatic carbocycles. The van der Waals surface area contributed by atoms with Crippen molar-refractivity contribution >= 4 is 23.6 Å². The second-order valence-corrected chi connectivity index (χ2v) is 5.29. The molecule has 0 N–H and O–H groups in total. The topological polar surface area (TPSA) is 20.3 Å². The van der Waals surface area contributed by atoms with Gasteiger partial charge in [0.25, 0.3) is 5.91 Å². The van der Waals surface area contributed by atoms with Crippen LogP contribution < -0.4 is 0 Å². The van der Waals surface area contributed by atoms with Crippen molar-refractivity contribution in [2.24, 2.45) is 0 Å². The number of rotatable bonds is 3. The van der Waals surface area contributed by atoms with Crippen molar-refractivity contribution in [3.63, 3.8) is 0 Å². The van der Waals surface area contributed by atoms with Gasteiger partial charge in [-0.05, 0) is 28.8 Å². The Kier molecular flexibility index (Phi) is 3.33. The normalized spacial score (nSPS) is 13.4. The largest absolute Gasteiger partial charge is 0.330 e. The molecule has 2 aromatic rings. The molecular formula is C17H14ClNO. The van der Waals surface area contributed by atoms with Crippen LogP contribution in [-0.2, 0) is 13.1 Å². The van der Waals surface area contributed by atoms with Gasteiger partial charge in [0.2, 0.25) is 0 Å². The molecule has 100 valence electrons. The number of halogens is 1. The number of hydrogen-bond acceptors (Lipinski definition) is 1. The summed E-state index contributed by atoms with van der Waals surface area (Å²) in [5.74, 6) is 0.00413. The Morgan fingerprint density at radius 3 is 2.70 bits per heavy atom. The highest BCUT2D eigenvalue weighted by molar-refractivity contribution is 6.34. The molecule has 1 aliphatic rings. The molecule has 1 amide bonds. The number of fused-ring (bicyclic) bond motifs is 1. The van der Waals surface area contributed by atoms with Crippen molar-refractivity contribution in [1.29, 1.82) is 0 Å². The molecule has 0 saturated carbocycles. The third kappa shape index (κ3) is 2.23. The number of carbonyl (C=O) groups is 1. The van der Waals surface area contributed by atoms with Gasteiger partial charge in [-0.1, -0.05) is 54.6 Å². The summed E-state index contributed by atoms with van der Waals surface area (Å²) in [4.78, 5) is 14.3. The summed E-state index contributed by atoms with van der Waals surface area (Å²) in [7, 11) is 0. The number of amides is 1. The molecule has 1 heterocycles. The zero-order valence-electron chi connectivity index (χ0n) is 11.0. The lowest BCUT2D eigenvalue weighted by Crippen LogP contribution is -2.23.